The molecule has 0 radical (unpaired) electrons. The summed E-state index contributed by atoms with van der Waals surface area (Å²) in [5.74, 6) is -0.197. The molecule has 0 bridgehead atoms. The summed E-state index contributed by atoms with van der Waals surface area (Å²) >= 11 is 1.41. The molecule has 1 aromatic rings. The molecule has 0 aromatic heterocycles. The van der Waals surface area contributed by atoms with Crippen molar-refractivity contribution in [3.05, 3.63) is 24.0 Å². The first-order valence-electron chi connectivity index (χ1n) is 3.97. The third kappa shape index (κ3) is 2.92. The lowest BCUT2D eigenvalue weighted by molar-refractivity contribution is -0.113. The minimum absolute atomic E-state index is 0.143. The fraction of sp³-hybridized carbons (Fsp3) is 0.222. The van der Waals surface area contributed by atoms with Crippen LogP contribution in [0.15, 0.2) is 18.2 Å². The van der Waals surface area contributed by atoms with Crippen molar-refractivity contribution in [2.24, 2.45) is 0 Å². The summed E-state index contributed by atoms with van der Waals surface area (Å²) in [7, 11) is 0. The number of amides is 1. The topological polar surface area (TPSA) is 55.1 Å². The van der Waals surface area contributed by atoms with E-state index in [1.165, 1.54) is 30.0 Å². The van der Waals surface area contributed by atoms with Crippen molar-refractivity contribution in [1.82, 2.24) is 0 Å². The number of hydrogen-bond acceptors (Lipinski definition) is 3. The van der Waals surface area contributed by atoms with Gasteiger partial charge in [-0.25, -0.2) is 4.39 Å². The summed E-state index contributed by atoms with van der Waals surface area (Å²) in [5, 5.41) is 2.59. The molecule has 76 valence electrons. The van der Waals surface area contributed by atoms with Crippen LogP contribution in [0.3, 0.4) is 0 Å². The third-order valence-corrected chi connectivity index (χ3v) is 2.11. The number of anilines is 2. The van der Waals surface area contributed by atoms with Crippen molar-refractivity contribution < 1.29 is 9.18 Å². The van der Waals surface area contributed by atoms with Crippen LogP contribution in [0.4, 0.5) is 15.8 Å². The Bertz CT molecular complexity index is 344. The fourth-order valence-electron chi connectivity index (χ4n) is 0.965. The molecular weight excluding hydrogens is 203 g/mol. The van der Waals surface area contributed by atoms with E-state index >= 15 is 0 Å². The SMILES string of the molecule is CSCC(=O)Nc1ccc(F)cc1N. The fourth-order valence-corrected chi connectivity index (χ4v) is 1.30. The monoisotopic (exact) mass is 214 g/mol. The molecule has 1 amide bonds. The molecule has 1 aromatic carbocycles. The molecule has 0 aliphatic rings. The molecule has 0 heterocycles. The van der Waals surface area contributed by atoms with Gasteiger partial charge in [-0.05, 0) is 24.5 Å². The van der Waals surface area contributed by atoms with E-state index in [4.69, 9.17) is 5.73 Å². The van der Waals surface area contributed by atoms with Crippen LogP contribution in [0.25, 0.3) is 0 Å². The lowest BCUT2D eigenvalue weighted by Crippen LogP contribution is -2.14. The van der Waals surface area contributed by atoms with Crippen molar-refractivity contribution in [1.29, 1.82) is 0 Å². The van der Waals surface area contributed by atoms with Crippen LogP contribution in [0.2, 0.25) is 0 Å². The maximum atomic E-state index is 12.6. The van der Waals surface area contributed by atoms with Crippen molar-refractivity contribution in [2.45, 2.75) is 0 Å². The average molecular weight is 214 g/mol. The molecule has 0 spiro atoms. The highest BCUT2D eigenvalue weighted by molar-refractivity contribution is 7.99. The zero-order valence-corrected chi connectivity index (χ0v) is 8.53. The lowest BCUT2D eigenvalue weighted by atomic mass is 10.2. The van der Waals surface area contributed by atoms with Gasteiger partial charge >= 0.3 is 0 Å². The largest absolute Gasteiger partial charge is 0.397 e. The first-order valence-corrected chi connectivity index (χ1v) is 5.36. The van der Waals surface area contributed by atoms with Crippen LogP contribution < -0.4 is 11.1 Å². The molecular formula is C9H11FN2OS. The molecule has 3 nitrogen and oxygen atoms in total. The number of hydrogen-bond donors (Lipinski definition) is 2. The number of nitrogens with one attached hydrogen (secondary N) is 1. The molecule has 0 aliphatic carbocycles. The van der Waals surface area contributed by atoms with Gasteiger partial charge in [-0.15, -0.1) is 0 Å². The summed E-state index contributed by atoms with van der Waals surface area (Å²) in [5.41, 5.74) is 6.19. The number of halogens is 1. The zero-order valence-electron chi connectivity index (χ0n) is 7.71. The number of nitrogen functional groups attached to an aromatic ring is 1. The molecule has 14 heavy (non-hydrogen) atoms. The Morgan fingerprint density at radius 3 is 2.93 bits per heavy atom. The van der Waals surface area contributed by atoms with Gasteiger partial charge in [-0.3, -0.25) is 4.79 Å². The zero-order chi connectivity index (χ0) is 10.6. The Labute approximate surface area is 85.9 Å². The minimum atomic E-state index is -0.412. The summed E-state index contributed by atoms with van der Waals surface area (Å²) in [4.78, 5) is 11.2. The second-order valence-corrected chi connectivity index (χ2v) is 3.58. The van der Waals surface area contributed by atoms with Gasteiger partial charge in [0.1, 0.15) is 5.82 Å². The van der Waals surface area contributed by atoms with Crippen LogP contribution >= 0.6 is 11.8 Å². The number of carbonyl (C=O) groups excluding carboxylic acids is 1. The predicted molar refractivity (Wildman–Crippen MR) is 57.8 cm³/mol. The van der Waals surface area contributed by atoms with E-state index in [1.54, 1.807) is 0 Å². The highest BCUT2D eigenvalue weighted by Crippen LogP contribution is 2.18. The van der Waals surface area contributed by atoms with Gasteiger partial charge in [-0.1, -0.05) is 0 Å². The number of thioether (sulfide) groups is 1. The summed E-state index contributed by atoms with van der Waals surface area (Å²) in [6, 6.07) is 3.88. The maximum absolute atomic E-state index is 12.6. The molecule has 0 saturated carbocycles. The maximum Gasteiger partial charge on any atom is 0.234 e. The van der Waals surface area contributed by atoms with Gasteiger partial charge in [0.25, 0.3) is 0 Å². The first kappa shape index (κ1) is 10.8. The second-order valence-electron chi connectivity index (χ2n) is 2.71. The van der Waals surface area contributed by atoms with Gasteiger partial charge < -0.3 is 11.1 Å². The van der Waals surface area contributed by atoms with E-state index in [2.05, 4.69) is 5.32 Å². The van der Waals surface area contributed by atoms with E-state index in [0.717, 1.165) is 0 Å². The van der Waals surface area contributed by atoms with Crippen molar-refractivity contribution in [3.63, 3.8) is 0 Å². The molecule has 0 atom stereocenters. The second kappa shape index (κ2) is 4.85. The van der Waals surface area contributed by atoms with E-state index in [-0.39, 0.29) is 11.6 Å². The quantitative estimate of drug-likeness (QED) is 0.753. The van der Waals surface area contributed by atoms with E-state index in [9.17, 15) is 9.18 Å². The Kier molecular flexibility index (Phi) is 3.76. The van der Waals surface area contributed by atoms with Crippen LogP contribution in [0.5, 0.6) is 0 Å². The number of benzene rings is 1. The Morgan fingerprint density at radius 1 is 1.64 bits per heavy atom. The first-order chi connectivity index (χ1) is 6.63. The van der Waals surface area contributed by atoms with E-state index in [1.807, 2.05) is 6.26 Å². The minimum Gasteiger partial charge on any atom is -0.397 e. The summed E-state index contributed by atoms with van der Waals surface area (Å²) in [6.07, 6.45) is 1.83. The van der Waals surface area contributed by atoms with Crippen LogP contribution in [0, 0.1) is 5.82 Å². The lowest BCUT2D eigenvalue weighted by Gasteiger charge is -2.06. The highest BCUT2D eigenvalue weighted by atomic mass is 32.2. The normalized spacial score (nSPS) is 9.86. The Balaban J connectivity index is 2.72. The van der Waals surface area contributed by atoms with Gasteiger partial charge in [0, 0.05) is 0 Å². The standard InChI is InChI=1S/C9H11FN2OS/c1-14-5-9(13)12-8-3-2-6(10)4-7(8)11/h2-4H,5,11H2,1H3,(H,12,13). The predicted octanol–water partition coefficient (Wildman–Crippen LogP) is 1.71. The van der Waals surface area contributed by atoms with Crippen molar-refractivity contribution in [2.75, 3.05) is 23.1 Å². The number of rotatable bonds is 3. The average Bonchev–Trinajstić information content (AvgIpc) is 2.10. The molecule has 0 saturated heterocycles. The van der Waals surface area contributed by atoms with Gasteiger partial charge in [0.15, 0.2) is 0 Å². The van der Waals surface area contributed by atoms with Crippen LogP contribution in [-0.2, 0) is 4.79 Å². The van der Waals surface area contributed by atoms with Crippen molar-refractivity contribution in [3.8, 4) is 0 Å². The Morgan fingerprint density at radius 2 is 2.36 bits per heavy atom. The van der Waals surface area contributed by atoms with Crippen LogP contribution in [0.1, 0.15) is 0 Å². The molecule has 0 fully saturated rings. The molecule has 3 N–H and O–H groups in total. The van der Waals surface area contributed by atoms with Crippen LogP contribution in [-0.4, -0.2) is 17.9 Å². The van der Waals surface area contributed by atoms with E-state index < -0.39 is 5.82 Å². The van der Waals surface area contributed by atoms with Crippen molar-refractivity contribution >= 4 is 29.0 Å². The summed E-state index contributed by atoms with van der Waals surface area (Å²) < 4.78 is 12.6. The number of nitrogens with two attached hydrogens (primary N) is 1. The molecule has 0 aliphatic heterocycles. The highest BCUT2D eigenvalue weighted by Gasteiger charge is 2.04. The van der Waals surface area contributed by atoms with Gasteiger partial charge in [0.05, 0.1) is 17.1 Å². The summed E-state index contributed by atoms with van der Waals surface area (Å²) in [6.45, 7) is 0. The molecule has 0 unspecified atom stereocenters. The third-order valence-electron chi connectivity index (χ3n) is 1.56. The number of carbonyl (C=O) groups is 1. The Hall–Kier alpha value is -1.23. The molecule has 1 rings (SSSR count). The van der Waals surface area contributed by atoms with Gasteiger partial charge in [-0.2, -0.15) is 11.8 Å². The van der Waals surface area contributed by atoms with E-state index in [0.29, 0.717) is 11.4 Å². The van der Waals surface area contributed by atoms with Gasteiger partial charge in [0.2, 0.25) is 5.91 Å². The smallest absolute Gasteiger partial charge is 0.234 e. The molecule has 5 heteroatoms.